The summed E-state index contributed by atoms with van der Waals surface area (Å²) >= 11 is 0. The van der Waals surface area contributed by atoms with Gasteiger partial charge in [-0.25, -0.2) is 13.2 Å². The zero-order valence-corrected chi connectivity index (χ0v) is 10.5. The fourth-order valence-corrected chi connectivity index (χ4v) is 3.99. The summed E-state index contributed by atoms with van der Waals surface area (Å²) in [6.45, 7) is 3.28. The number of aryl methyl sites for hydroxylation is 1. The molecular formula is C10H14N2O4S. The number of carbonyl (C=O) groups is 1. The molecule has 1 atom stereocenters. The third-order valence-electron chi connectivity index (χ3n) is 3.09. The highest BCUT2D eigenvalue weighted by Gasteiger charge is 2.32. The third kappa shape index (κ3) is 2.06. The summed E-state index contributed by atoms with van der Waals surface area (Å²) < 4.78 is 24.3. The largest absolute Gasteiger partial charge is 0.478 e. The normalized spacial score (nSPS) is 22.8. The molecule has 0 amide bonds. The fourth-order valence-electron chi connectivity index (χ4n) is 2.30. The maximum Gasteiger partial charge on any atom is 0.339 e. The number of aromatic nitrogens is 2. The quantitative estimate of drug-likeness (QED) is 0.837. The van der Waals surface area contributed by atoms with E-state index < -0.39 is 15.8 Å². The maximum atomic E-state index is 11.4. The average Bonchev–Trinajstić information content (AvgIpc) is 2.67. The molecule has 0 bridgehead atoms. The molecule has 0 unspecified atom stereocenters. The van der Waals surface area contributed by atoms with Crippen LogP contribution in [0.2, 0.25) is 0 Å². The SMILES string of the molecule is Cc1nn([C@@H]2CCS(=O)(=O)C2)c(C)c1C(=O)O. The second-order valence-corrected chi connectivity index (χ2v) is 6.58. The predicted molar refractivity (Wildman–Crippen MR) is 61.0 cm³/mol. The molecule has 7 heteroatoms. The zero-order chi connectivity index (χ0) is 12.8. The van der Waals surface area contributed by atoms with E-state index in [1.807, 2.05) is 0 Å². The Balaban J connectivity index is 2.42. The van der Waals surface area contributed by atoms with Gasteiger partial charge in [-0.15, -0.1) is 0 Å². The fraction of sp³-hybridized carbons (Fsp3) is 0.600. The van der Waals surface area contributed by atoms with Gasteiger partial charge in [0.05, 0.1) is 28.9 Å². The zero-order valence-electron chi connectivity index (χ0n) is 9.67. The van der Waals surface area contributed by atoms with Crippen molar-refractivity contribution < 1.29 is 18.3 Å². The predicted octanol–water partition coefficient (Wildman–Crippen LogP) is 0.558. The van der Waals surface area contributed by atoms with E-state index in [-0.39, 0.29) is 23.1 Å². The van der Waals surface area contributed by atoms with E-state index in [4.69, 9.17) is 5.11 Å². The summed E-state index contributed by atoms with van der Waals surface area (Å²) in [7, 11) is -2.99. The van der Waals surface area contributed by atoms with Crippen molar-refractivity contribution in [2.45, 2.75) is 26.3 Å². The summed E-state index contributed by atoms with van der Waals surface area (Å²) in [5, 5.41) is 13.2. The van der Waals surface area contributed by atoms with Gasteiger partial charge < -0.3 is 5.11 Å². The lowest BCUT2D eigenvalue weighted by Crippen LogP contribution is -2.14. The van der Waals surface area contributed by atoms with Gasteiger partial charge in [0.2, 0.25) is 0 Å². The smallest absolute Gasteiger partial charge is 0.339 e. The van der Waals surface area contributed by atoms with E-state index in [0.29, 0.717) is 17.8 Å². The number of carboxylic acids is 1. The van der Waals surface area contributed by atoms with Crippen molar-refractivity contribution in [3.63, 3.8) is 0 Å². The Labute approximate surface area is 99.2 Å². The van der Waals surface area contributed by atoms with Crippen LogP contribution < -0.4 is 0 Å². The van der Waals surface area contributed by atoms with Gasteiger partial charge in [0.25, 0.3) is 0 Å². The van der Waals surface area contributed by atoms with Crippen molar-refractivity contribution >= 4 is 15.8 Å². The molecule has 0 aromatic carbocycles. The molecule has 1 aliphatic heterocycles. The summed E-state index contributed by atoms with van der Waals surface area (Å²) in [6.07, 6.45) is 0.503. The molecule has 2 rings (SSSR count). The van der Waals surface area contributed by atoms with E-state index in [1.165, 1.54) is 0 Å². The lowest BCUT2D eigenvalue weighted by molar-refractivity contribution is 0.0695. The van der Waals surface area contributed by atoms with Crippen molar-refractivity contribution in [1.29, 1.82) is 0 Å². The van der Waals surface area contributed by atoms with Gasteiger partial charge in [-0.2, -0.15) is 5.10 Å². The highest BCUT2D eigenvalue weighted by atomic mass is 32.2. The van der Waals surface area contributed by atoms with Gasteiger partial charge >= 0.3 is 5.97 Å². The number of hydrogen-bond donors (Lipinski definition) is 1. The van der Waals surface area contributed by atoms with Crippen molar-refractivity contribution in [2.24, 2.45) is 0 Å². The number of rotatable bonds is 2. The van der Waals surface area contributed by atoms with Crippen LogP contribution in [0.3, 0.4) is 0 Å². The third-order valence-corrected chi connectivity index (χ3v) is 4.84. The van der Waals surface area contributed by atoms with Gasteiger partial charge in [0.15, 0.2) is 9.84 Å². The molecule has 1 aliphatic rings. The van der Waals surface area contributed by atoms with Crippen molar-refractivity contribution in [1.82, 2.24) is 9.78 Å². The Morgan fingerprint density at radius 1 is 1.47 bits per heavy atom. The molecule has 0 spiro atoms. The van der Waals surface area contributed by atoms with Crippen LogP contribution in [0.25, 0.3) is 0 Å². The highest BCUT2D eigenvalue weighted by molar-refractivity contribution is 7.91. The number of sulfone groups is 1. The second-order valence-electron chi connectivity index (χ2n) is 4.35. The number of nitrogens with zero attached hydrogens (tertiary/aromatic N) is 2. The molecule has 1 N–H and O–H groups in total. The molecule has 94 valence electrons. The monoisotopic (exact) mass is 258 g/mol. The molecule has 1 aromatic heterocycles. The maximum absolute atomic E-state index is 11.4. The van der Waals surface area contributed by atoms with Crippen LogP contribution in [0.15, 0.2) is 0 Å². The van der Waals surface area contributed by atoms with Crippen LogP contribution >= 0.6 is 0 Å². The van der Waals surface area contributed by atoms with Crippen LogP contribution in [-0.4, -0.2) is 40.8 Å². The first kappa shape index (κ1) is 12.1. The standard InChI is InChI=1S/C10H14N2O4S/c1-6-9(10(13)14)7(2)12(11-6)8-3-4-17(15,16)5-8/h8H,3-5H2,1-2H3,(H,13,14)/t8-/m1/s1. The first-order valence-electron chi connectivity index (χ1n) is 5.31. The minimum Gasteiger partial charge on any atom is -0.478 e. The van der Waals surface area contributed by atoms with Crippen LogP contribution in [0.1, 0.15) is 34.2 Å². The van der Waals surface area contributed by atoms with Gasteiger partial charge in [0, 0.05) is 0 Å². The molecule has 6 nitrogen and oxygen atoms in total. The van der Waals surface area contributed by atoms with Crippen LogP contribution in [-0.2, 0) is 9.84 Å². The molecule has 0 saturated carbocycles. The van der Waals surface area contributed by atoms with Crippen molar-refractivity contribution in [2.75, 3.05) is 11.5 Å². The topological polar surface area (TPSA) is 89.3 Å². The highest BCUT2D eigenvalue weighted by Crippen LogP contribution is 2.26. The van der Waals surface area contributed by atoms with Gasteiger partial charge in [-0.3, -0.25) is 4.68 Å². The number of hydrogen-bond acceptors (Lipinski definition) is 4. The Morgan fingerprint density at radius 3 is 2.53 bits per heavy atom. The van der Waals surface area contributed by atoms with E-state index in [2.05, 4.69) is 5.10 Å². The molecule has 0 aliphatic carbocycles. The van der Waals surface area contributed by atoms with Crippen molar-refractivity contribution in [3.05, 3.63) is 17.0 Å². The second kappa shape index (κ2) is 3.83. The lowest BCUT2D eigenvalue weighted by atomic mass is 10.2. The van der Waals surface area contributed by atoms with Gasteiger partial charge in [-0.05, 0) is 20.3 Å². The molecule has 0 radical (unpaired) electrons. The van der Waals surface area contributed by atoms with E-state index in [0.717, 1.165) is 0 Å². The van der Waals surface area contributed by atoms with Crippen LogP contribution in [0, 0.1) is 13.8 Å². The molecular weight excluding hydrogens is 244 g/mol. The first-order chi connectivity index (χ1) is 7.82. The minimum absolute atomic E-state index is 0.0496. The Bertz CT molecular complexity index is 573. The van der Waals surface area contributed by atoms with E-state index in [9.17, 15) is 13.2 Å². The summed E-state index contributed by atoms with van der Waals surface area (Å²) in [5.41, 5.74) is 1.13. The van der Waals surface area contributed by atoms with E-state index >= 15 is 0 Å². The Morgan fingerprint density at radius 2 is 2.12 bits per heavy atom. The van der Waals surface area contributed by atoms with Crippen molar-refractivity contribution in [3.8, 4) is 0 Å². The van der Waals surface area contributed by atoms with Crippen LogP contribution in [0.4, 0.5) is 0 Å². The van der Waals surface area contributed by atoms with Gasteiger partial charge in [-0.1, -0.05) is 0 Å². The minimum atomic E-state index is -2.99. The Hall–Kier alpha value is -1.37. The summed E-state index contributed by atoms with van der Waals surface area (Å²) in [6, 6.07) is -0.230. The Kier molecular flexibility index (Phi) is 2.73. The van der Waals surface area contributed by atoms with Gasteiger partial charge in [0.1, 0.15) is 5.56 Å². The van der Waals surface area contributed by atoms with E-state index in [1.54, 1.807) is 18.5 Å². The molecule has 1 aromatic rings. The molecule has 17 heavy (non-hydrogen) atoms. The molecule has 1 fully saturated rings. The first-order valence-corrected chi connectivity index (χ1v) is 7.13. The van der Waals surface area contributed by atoms with Crippen LogP contribution in [0.5, 0.6) is 0 Å². The number of aromatic carboxylic acids is 1. The number of carboxylic acid groups (broad SMARTS) is 1. The average molecular weight is 258 g/mol. The summed E-state index contributed by atoms with van der Waals surface area (Å²) in [4.78, 5) is 11.0. The molecule has 2 heterocycles. The lowest BCUT2D eigenvalue weighted by Gasteiger charge is -2.10. The summed E-state index contributed by atoms with van der Waals surface area (Å²) in [5.74, 6) is -0.820. The molecule has 1 saturated heterocycles.